The van der Waals surface area contributed by atoms with E-state index in [4.69, 9.17) is 11.6 Å². The number of nitrogens with zero attached hydrogens (tertiary/aromatic N) is 1. The van der Waals surface area contributed by atoms with E-state index in [1.54, 1.807) is 0 Å². The molecule has 0 aliphatic carbocycles. The quantitative estimate of drug-likeness (QED) is 0.653. The van der Waals surface area contributed by atoms with Crippen molar-refractivity contribution in [1.82, 2.24) is 4.37 Å². The Hall–Kier alpha value is 0.650. The summed E-state index contributed by atoms with van der Waals surface area (Å²) in [6, 6.07) is 0. The second-order valence-electron chi connectivity index (χ2n) is 1.36. The fourth-order valence-corrected chi connectivity index (χ4v) is 1.75. The van der Waals surface area contributed by atoms with E-state index >= 15 is 0 Å². The van der Waals surface area contributed by atoms with Gasteiger partial charge in [0, 0.05) is 0 Å². The second-order valence-corrected chi connectivity index (χ2v) is 4.32. The predicted molar refractivity (Wildman–Crippen MR) is 44.6 cm³/mol. The van der Waals surface area contributed by atoms with Crippen LogP contribution in [-0.2, 0) is 0 Å². The molecule has 0 saturated carbocycles. The molecule has 0 atom stereocenters. The minimum absolute atomic E-state index is 0.801. The number of halogens is 2. The summed E-state index contributed by atoms with van der Waals surface area (Å²) in [6.07, 6.45) is 0. The van der Waals surface area contributed by atoms with Crippen LogP contribution in [0, 0.1) is 9.81 Å². The van der Waals surface area contributed by atoms with Gasteiger partial charge >= 0.3 is 0 Å². The zero-order valence-electron chi connectivity index (χ0n) is 4.11. The minimum atomic E-state index is 0.801. The van der Waals surface area contributed by atoms with Gasteiger partial charge < -0.3 is 0 Å². The van der Waals surface area contributed by atoms with Gasteiger partial charge in [-0.25, -0.2) is 0 Å². The molecule has 0 radical (unpaired) electrons. The second kappa shape index (κ2) is 2.49. The maximum absolute atomic E-state index is 5.73. The normalized spacial score (nSPS) is 9.88. The Kier molecular flexibility index (Phi) is 2.11. The summed E-state index contributed by atoms with van der Waals surface area (Å²) in [5.41, 5.74) is 0.932. The summed E-state index contributed by atoms with van der Waals surface area (Å²) in [4.78, 5) is 0. The molecule has 0 spiro atoms. The molecule has 8 heavy (non-hydrogen) atoms. The topological polar surface area (TPSA) is 12.9 Å². The van der Waals surface area contributed by atoms with Crippen molar-refractivity contribution in [2.24, 2.45) is 0 Å². The zero-order chi connectivity index (χ0) is 6.15. The molecule has 0 N–H and O–H groups in total. The van der Waals surface area contributed by atoms with Crippen LogP contribution in [0.2, 0.25) is 5.02 Å². The molecular weight excluding hydrogens is 256 g/mol. The van der Waals surface area contributed by atoms with Gasteiger partial charge in [-0.15, -0.1) is 0 Å². The van der Waals surface area contributed by atoms with E-state index in [9.17, 15) is 0 Å². The maximum atomic E-state index is 5.73. The Balaban J connectivity index is 3.19. The maximum Gasteiger partial charge on any atom is 0.105 e. The van der Waals surface area contributed by atoms with Crippen molar-refractivity contribution in [2.45, 2.75) is 6.92 Å². The average molecular weight is 259 g/mol. The fraction of sp³-hybridized carbons (Fsp3) is 0.250. The smallest absolute Gasteiger partial charge is 0.105 e. The molecule has 0 bridgehead atoms. The van der Waals surface area contributed by atoms with Crippen LogP contribution in [0.15, 0.2) is 0 Å². The lowest BCUT2D eigenvalue weighted by Gasteiger charge is -1.79. The molecule has 0 unspecified atom stereocenters. The van der Waals surface area contributed by atoms with Gasteiger partial charge in [0.05, 0.1) is 10.7 Å². The summed E-state index contributed by atoms with van der Waals surface area (Å²) >= 11 is 9.34. The van der Waals surface area contributed by atoms with Crippen LogP contribution < -0.4 is 0 Å². The fourth-order valence-electron chi connectivity index (χ4n) is 0.331. The molecule has 0 saturated heterocycles. The first-order valence-electron chi connectivity index (χ1n) is 1.99. The van der Waals surface area contributed by atoms with Gasteiger partial charge in [0.15, 0.2) is 0 Å². The van der Waals surface area contributed by atoms with Gasteiger partial charge in [-0.3, -0.25) is 0 Å². The first-order chi connectivity index (χ1) is 3.72. The number of aryl methyl sites for hydroxylation is 1. The van der Waals surface area contributed by atoms with Crippen molar-refractivity contribution in [3.8, 4) is 0 Å². The van der Waals surface area contributed by atoms with Crippen LogP contribution in [0.3, 0.4) is 0 Å². The van der Waals surface area contributed by atoms with Crippen LogP contribution in [0.1, 0.15) is 5.69 Å². The van der Waals surface area contributed by atoms with E-state index in [0.29, 0.717) is 0 Å². The van der Waals surface area contributed by atoms with E-state index in [1.807, 2.05) is 6.92 Å². The lowest BCUT2D eigenvalue weighted by atomic mass is 10.5. The van der Waals surface area contributed by atoms with Crippen molar-refractivity contribution >= 4 is 45.7 Å². The summed E-state index contributed by atoms with van der Waals surface area (Å²) in [6.45, 7) is 1.90. The van der Waals surface area contributed by atoms with Crippen molar-refractivity contribution in [3.63, 3.8) is 0 Å². The molecule has 0 aliphatic rings. The van der Waals surface area contributed by atoms with Crippen LogP contribution in [0.4, 0.5) is 0 Å². The Morgan fingerprint density at radius 2 is 2.38 bits per heavy atom. The number of hydrogen-bond donors (Lipinski definition) is 0. The van der Waals surface area contributed by atoms with Crippen molar-refractivity contribution in [1.29, 1.82) is 0 Å². The molecule has 0 amide bonds. The van der Waals surface area contributed by atoms with E-state index in [2.05, 4.69) is 27.0 Å². The molecule has 4 heteroatoms. The van der Waals surface area contributed by atoms with Crippen molar-refractivity contribution < 1.29 is 0 Å². The van der Waals surface area contributed by atoms with Crippen LogP contribution in [0.5, 0.6) is 0 Å². The third kappa shape index (κ3) is 1.14. The Morgan fingerprint density at radius 3 is 2.50 bits per heavy atom. The standard InChI is InChI=1S/C4H3ClINS/c1-2-3(5)4(6)8-7-2/h1H3. The van der Waals surface area contributed by atoms with Crippen molar-refractivity contribution in [3.05, 3.63) is 13.6 Å². The van der Waals surface area contributed by atoms with Gasteiger partial charge in [0.2, 0.25) is 0 Å². The van der Waals surface area contributed by atoms with Crippen molar-refractivity contribution in [2.75, 3.05) is 0 Å². The van der Waals surface area contributed by atoms with Gasteiger partial charge in [0.1, 0.15) is 2.88 Å². The highest BCUT2D eigenvalue weighted by Crippen LogP contribution is 2.24. The Labute approximate surface area is 70.4 Å². The van der Waals surface area contributed by atoms with Gasteiger partial charge in [-0.1, -0.05) is 11.6 Å². The highest BCUT2D eigenvalue weighted by Gasteiger charge is 2.02. The molecule has 1 nitrogen and oxygen atoms in total. The minimum Gasteiger partial charge on any atom is -0.195 e. The largest absolute Gasteiger partial charge is 0.195 e. The van der Waals surface area contributed by atoms with Gasteiger partial charge in [-0.2, -0.15) is 4.37 Å². The number of rotatable bonds is 0. The Morgan fingerprint density at radius 1 is 1.75 bits per heavy atom. The van der Waals surface area contributed by atoms with E-state index in [-0.39, 0.29) is 0 Å². The molecule has 0 aliphatic heterocycles. The summed E-state index contributed by atoms with van der Waals surface area (Å²) < 4.78 is 5.09. The van der Waals surface area contributed by atoms with E-state index in [0.717, 1.165) is 13.6 Å². The highest BCUT2D eigenvalue weighted by molar-refractivity contribution is 14.1. The van der Waals surface area contributed by atoms with Gasteiger partial charge in [-0.05, 0) is 41.0 Å². The lowest BCUT2D eigenvalue weighted by molar-refractivity contribution is 1.34. The third-order valence-corrected chi connectivity index (χ3v) is 3.51. The third-order valence-electron chi connectivity index (χ3n) is 0.753. The predicted octanol–water partition coefficient (Wildman–Crippen LogP) is 2.71. The molecule has 44 valence electrons. The van der Waals surface area contributed by atoms with Crippen LogP contribution >= 0.6 is 45.7 Å². The molecule has 0 fully saturated rings. The Bertz CT molecular complexity index is 178. The summed E-state index contributed by atoms with van der Waals surface area (Å²) in [5, 5.41) is 0.801. The van der Waals surface area contributed by atoms with E-state index in [1.165, 1.54) is 11.5 Å². The monoisotopic (exact) mass is 259 g/mol. The summed E-state index contributed by atoms with van der Waals surface area (Å²) in [7, 11) is 0. The molecule has 0 aromatic carbocycles. The first-order valence-corrected chi connectivity index (χ1v) is 4.22. The number of aromatic nitrogens is 1. The molecule has 1 aromatic rings. The zero-order valence-corrected chi connectivity index (χ0v) is 7.84. The number of hydrogen-bond acceptors (Lipinski definition) is 2. The van der Waals surface area contributed by atoms with E-state index < -0.39 is 0 Å². The highest BCUT2D eigenvalue weighted by atomic mass is 127. The molecule has 1 aromatic heterocycles. The SMILES string of the molecule is Cc1nsc(I)c1Cl. The average Bonchev–Trinajstić information content (AvgIpc) is 1.98. The molecule has 1 rings (SSSR count). The molecule has 1 heterocycles. The first kappa shape index (κ1) is 6.77. The van der Waals surface area contributed by atoms with Crippen LogP contribution in [0.25, 0.3) is 0 Å². The summed E-state index contributed by atoms with van der Waals surface area (Å²) in [5.74, 6) is 0. The molecular formula is C4H3ClINS. The lowest BCUT2D eigenvalue weighted by Crippen LogP contribution is -1.65. The van der Waals surface area contributed by atoms with Crippen LogP contribution in [-0.4, -0.2) is 4.37 Å². The van der Waals surface area contributed by atoms with Gasteiger partial charge in [0.25, 0.3) is 0 Å².